The normalized spacial score (nSPS) is 17.2. The van der Waals surface area contributed by atoms with Gasteiger partial charge in [0, 0.05) is 10.9 Å². The fraction of sp³-hybridized carbons (Fsp3) is 0.417. The Kier molecular flexibility index (Phi) is 4.21. The third-order valence-electron chi connectivity index (χ3n) is 2.68. The Morgan fingerprint density at radius 2 is 2.33 bits per heavy atom. The van der Waals surface area contributed by atoms with Crippen molar-refractivity contribution >= 4 is 17.7 Å². The van der Waals surface area contributed by atoms with Gasteiger partial charge < -0.3 is 15.6 Å². The zero-order valence-electron chi connectivity index (χ0n) is 9.64. The zero-order valence-corrected chi connectivity index (χ0v) is 10.5. The van der Waals surface area contributed by atoms with Crippen molar-refractivity contribution in [3.8, 4) is 0 Å². The van der Waals surface area contributed by atoms with Crippen molar-refractivity contribution in [3.63, 3.8) is 0 Å². The van der Waals surface area contributed by atoms with Crippen molar-refractivity contribution in [2.24, 2.45) is 5.73 Å². The first-order valence-corrected chi connectivity index (χ1v) is 6.45. The summed E-state index contributed by atoms with van der Waals surface area (Å²) >= 11 is 1.43. The molecule has 0 bridgehead atoms. The molecule has 1 aromatic carbocycles. The van der Waals surface area contributed by atoms with E-state index < -0.39 is 12.0 Å². The average molecular weight is 271 g/mol. The molecule has 1 aromatic rings. The topological polar surface area (TPSA) is 72.6 Å². The number of hydrogen-bond acceptors (Lipinski definition) is 4. The van der Waals surface area contributed by atoms with E-state index in [1.165, 1.54) is 17.8 Å². The second-order valence-electron chi connectivity index (χ2n) is 4.17. The minimum atomic E-state index is -0.993. The summed E-state index contributed by atoms with van der Waals surface area (Å²) in [6.07, 6.45) is -0.206. The van der Waals surface area contributed by atoms with Crippen molar-refractivity contribution < 1.29 is 19.0 Å². The number of rotatable bonds is 5. The van der Waals surface area contributed by atoms with Crippen LogP contribution in [0.25, 0.3) is 0 Å². The van der Waals surface area contributed by atoms with E-state index in [0.717, 1.165) is 0 Å². The number of ether oxygens (including phenoxy) is 1. The van der Waals surface area contributed by atoms with Gasteiger partial charge in [0.25, 0.3) is 0 Å². The summed E-state index contributed by atoms with van der Waals surface area (Å²) in [6, 6.07) is 3.96. The fourth-order valence-corrected chi connectivity index (χ4v) is 2.62. The lowest BCUT2D eigenvalue weighted by atomic mass is 10.0. The quantitative estimate of drug-likeness (QED) is 0.854. The molecule has 1 heterocycles. The van der Waals surface area contributed by atoms with Gasteiger partial charge >= 0.3 is 5.97 Å². The Bertz CT molecular complexity index is 451. The summed E-state index contributed by atoms with van der Waals surface area (Å²) in [5, 5.41) is 8.94. The van der Waals surface area contributed by atoms with Crippen LogP contribution in [-0.4, -0.2) is 29.5 Å². The molecule has 6 heteroatoms. The molecule has 0 amide bonds. The molecule has 0 aromatic heterocycles. The van der Waals surface area contributed by atoms with E-state index in [9.17, 15) is 9.18 Å². The minimum Gasteiger partial charge on any atom is -0.481 e. The van der Waals surface area contributed by atoms with Crippen LogP contribution in [0.15, 0.2) is 23.1 Å². The third kappa shape index (κ3) is 3.22. The summed E-state index contributed by atoms with van der Waals surface area (Å²) in [4.78, 5) is 11.1. The second-order valence-corrected chi connectivity index (χ2v) is 5.51. The van der Waals surface area contributed by atoms with Crippen LogP contribution in [0.3, 0.4) is 0 Å². The van der Waals surface area contributed by atoms with Crippen LogP contribution in [0.1, 0.15) is 18.0 Å². The van der Waals surface area contributed by atoms with Gasteiger partial charge in [0.2, 0.25) is 0 Å². The van der Waals surface area contributed by atoms with Gasteiger partial charge in [0.05, 0.1) is 24.9 Å². The van der Waals surface area contributed by atoms with E-state index in [-0.39, 0.29) is 12.2 Å². The molecule has 1 unspecified atom stereocenters. The van der Waals surface area contributed by atoms with E-state index in [0.29, 0.717) is 28.9 Å². The SMILES string of the molecule is NC(CC(=O)O)c1ccc(SC2COC2)c(F)c1. The minimum absolute atomic E-state index is 0.206. The Morgan fingerprint density at radius 3 is 2.83 bits per heavy atom. The van der Waals surface area contributed by atoms with Crippen molar-refractivity contribution in [3.05, 3.63) is 29.6 Å². The molecule has 0 aliphatic carbocycles. The van der Waals surface area contributed by atoms with Crippen molar-refractivity contribution in [1.29, 1.82) is 0 Å². The van der Waals surface area contributed by atoms with E-state index >= 15 is 0 Å². The maximum Gasteiger partial charge on any atom is 0.305 e. The summed E-state index contributed by atoms with van der Waals surface area (Å²) < 4.78 is 18.8. The van der Waals surface area contributed by atoms with Crippen molar-refractivity contribution in [2.75, 3.05) is 13.2 Å². The summed E-state index contributed by atoms with van der Waals surface area (Å²) in [6.45, 7) is 1.29. The second kappa shape index (κ2) is 5.69. The lowest BCUT2D eigenvalue weighted by Crippen LogP contribution is -2.30. The molecule has 18 heavy (non-hydrogen) atoms. The smallest absolute Gasteiger partial charge is 0.305 e. The molecule has 3 N–H and O–H groups in total. The molecule has 1 fully saturated rings. The number of carboxylic acid groups (broad SMARTS) is 1. The highest BCUT2D eigenvalue weighted by atomic mass is 32.2. The highest BCUT2D eigenvalue weighted by molar-refractivity contribution is 8.00. The van der Waals surface area contributed by atoms with Gasteiger partial charge in [-0.2, -0.15) is 0 Å². The highest BCUT2D eigenvalue weighted by Crippen LogP contribution is 2.31. The number of nitrogens with two attached hydrogens (primary N) is 1. The lowest BCUT2D eigenvalue weighted by molar-refractivity contribution is -0.137. The van der Waals surface area contributed by atoms with E-state index in [1.54, 1.807) is 12.1 Å². The Labute approximate surface area is 108 Å². The first-order valence-electron chi connectivity index (χ1n) is 5.57. The Morgan fingerprint density at radius 1 is 1.61 bits per heavy atom. The molecular formula is C12H14FNO3S. The van der Waals surface area contributed by atoms with Crippen LogP contribution >= 0.6 is 11.8 Å². The molecule has 1 atom stereocenters. The maximum absolute atomic E-state index is 13.8. The molecule has 0 saturated carbocycles. The maximum atomic E-state index is 13.8. The molecule has 0 radical (unpaired) electrons. The van der Waals surface area contributed by atoms with Gasteiger partial charge in [-0.1, -0.05) is 6.07 Å². The molecule has 1 saturated heterocycles. The number of aliphatic carboxylic acids is 1. The van der Waals surface area contributed by atoms with Gasteiger partial charge in [-0.3, -0.25) is 4.79 Å². The standard InChI is InChI=1S/C12H14FNO3S/c13-9-3-7(10(14)4-12(15)16)1-2-11(9)18-8-5-17-6-8/h1-3,8,10H,4-6,14H2,(H,15,16). The Hall–Kier alpha value is -1.11. The fourth-order valence-electron chi connectivity index (χ4n) is 1.61. The van der Waals surface area contributed by atoms with Gasteiger partial charge in [-0.05, 0) is 17.7 Å². The largest absolute Gasteiger partial charge is 0.481 e. The van der Waals surface area contributed by atoms with Crippen LogP contribution in [0.5, 0.6) is 0 Å². The number of thioether (sulfide) groups is 1. The van der Waals surface area contributed by atoms with Gasteiger partial charge in [0.1, 0.15) is 5.82 Å². The molecule has 1 aliphatic rings. The van der Waals surface area contributed by atoms with E-state index in [2.05, 4.69) is 0 Å². The first-order chi connectivity index (χ1) is 8.56. The van der Waals surface area contributed by atoms with Crippen LogP contribution in [0.4, 0.5) is 4.39 Å². The summed E-state index contributed by atoms with van der Waals surface area (Å²) in [5.74, 6) is -1.35. The molecule has 98 valence electrons. The van der Waals surface area contributed by atoms with E-state index in [4.69, 9.17) is 15.6 Å². The number of hydrogen-bond donors (Lipinski definition) is 2. The van der Waals surface area contributed by atoms with Crippen molar-refractivity contribution in [1.82, 2.24) is 0 Å². The monoisotopic (exact) mass is 271 g/mol. The summed E-state index contributed by atoms with van der Waals surface area (Å²) in [5.41, 5.74) is 6.18. The van der Waals surface area contributed by atoms with Gasteiger partial charge in [-0.25, -0.2) is 4.39 Å². The number of halogens is 1. The predicted molar refractivity (Wildman–Crippen MR) is 66.0 cm³/mol. The number of benzene rings is 1. The van der Waals surface area contributed by atoms with Crippen LogP contribution < -0.4 is 5.73 Å². The molecular weight excluding hydrogens is 257 g/mol. The van der Waals surface area contributed by atoms with Crippen LogP contribution in [-0.2, 0) is 9.53 Å². The van der Waals surface area contributed by atoms with E-state index in [1.807, 2.05) is 0 Å². The third-order valence-corrected chi connectivity index (χ3v) is 3.87. The van der Waals surface area contributed by atoms with Gasteiger partial charge in [0.15, 0.2) is 0 Å². The molecule has 4 nitrogen and oxygen atoms in total. The lowest BCUT2D eigenvalue weighted by Gasteiger charge is -2.25. The molecule has 2 rings (SSSR count). The van der Waals surface area contributed by atoms with Crippen LogP contribution in [0.2, 0.25) is 0 Å². The van der Waals surface area contributed by atoms with Crippen LogP contribution in [0, 0.1) is 5.82 Å². The Balaban J connectivity index is 2.05. The van der Waals surface area contributed by atoms with Crippen molar-refractivity contribution in [2.45, 2.75) is 22.6 Å². The highest BCUT2D eigenvalue weighted by Gasteiger charge is 2.21. The predicted octanol–water partition coefficient (Wildman–Crippen LogP) is 1.79. The number of carboxylic acids is 1. The molecule has 0 spiro atoms. The van der Waals surface area contributed by atoms with Gasteiger partial charge in [-0.15, -0.1) is 11.8 Å². The first kappa shape index (κ1) is 13.3. The summed E-state index contributed by atoms with van der Waals surface area (Å²) in [7, 11) is 0. The zero-order chi connectivity index (χ0) is 13.1. The number of carbonyl (C=O) groups is 1. The molecule has 1 aliphatic heterocycles. The average Bonchev–Trinajstić information content (AvgIpc) is 2.23.